The molecule has 1 fully saturated rings. The third-order valence-electron chi connectivity index (χ3n) is 1.68. The molecule has 0 aliphatic carbocycles. The van der Waals surface area contributed by atoms with Gasteiger partial charge >= 0.3 is 5.97 Å². The van der Waals surface area contributed by atoms with E-state index in [9.17, 15) is 4.79 Å². The summed E-state index contributed by atoms with van der Waals surface area (Å²) in [5.74, 6) is -0.392. The summed E-state index contributed by atoms with van der Waals surface area (Å²) in [6.07, 6.45) is 1.66. The highest BCUT2D eigenvalue weighted by Crippen LogP contribution is 2.09. The SMILES string of the molecule is O=C(OCC1CO1)c1ccccn1. The van der Waals surface area contributed by atoms with E-state index < -0.39 is 5.97 Å². The molecule has 1 atom stereocenters. The van der Waals surface area contributed by atoms with Crippen LogP contribution in [0.15, 0.2) is 24.4 Å². The third kappa shape index (κ3) is 2.26. The Hall–Kier alpha value is -1.42. The fraction of sp³-hybridized carbons (Fsp3) is 0.333. The molecule has 13 heavy (non-hydrogen) atoms. The number of esters is 1. The van der Waals surface area contributed by atoms with Gasteiger partial charge in [0.2, 0.25) is 0 Å². The second-order valence-corrected chi connectivity index (χ2v) is 2.77. The Morgan fingerprint density at radius 2 is 2.54 bits per heavy atom. The number of hydrogen-bond acceptors (Lipinski definition) is 4. The van der Waals surface area contributed by atoms with Crippen LogP contribution in [-0.4, -0.2) is 30.3 Å². The van der Waals surface area contributed by atoms with E-state index in [0.717, 1.165) is 0 Å². The molecular formula is C9H9NO3. The summed E-state index contributed by atoms with van der Waals surface area (Å²) in [7, 11) is 0. The first-order chi connectivity index (χ1) is 6.36. The summed E-state index contributed by atoms with van der Waals surface area (Å²) >= 11 is 0. The van der Waals surface area contributed by atoms with E-state index in [1.165, 1.54) is 0 Å². The summed E-state index contributed by atoms with van der Waals surface area (Å²) in [6, 6.07) is 5.12. The van der Waals surface area contributed by atoms with Gasteiger partial charge in [0.15, 0.2) is 0 Å². The molecule has 1 aliphatic heterocycles. The number of nitrogens with zero attached hydrogens (tertiary/aromatic N) is 1. The van der Waals surface area contributed by atoms with Crippen molar-refractivity contribution in [3.05, 3.63) is 30.1 Å². The Balaban J connectivity index is 1.89. The highest BCUT2D eigenvalue weighted by molar-refractivity contribution is 5.87. The van der Waals surface area contributed by atoms with Crippen LogP contribution < -0.4 is 0 Å². The molecule has 1 saturated heterocycles. The van der Waals surface area contributed by atoms with Crippen molar-refractivity contribution in [2.24, 2.45) is 0 Å². The van der Waals surface area contributed by atoms with E-state index in [-0.39, 0.29) is 6.10 Å². The lowest BCUT2D eigenvalue weighted by molar-refractivity contribution is 0.0470. The molecule has 4 heteroatoms. The molecule has 1 aromatic rings. The van der Waals surface area contributed by atoms with Crippen molar-refractivity contribution in [2.45, 2.75) is 6.10 Å². The Kier molecular flexibility index (Phi) is 2.23. The van der Waals surface area contributed by atoms with E-state index in [0.29, 0.717) is 18.9 Å². The molecule has 4 nitrogen and oxygen atoms in total. The third-order valence-corrected chi connectivity index (χ3v) is 1.68. The lowest BCUT2D eigenvalue weighted by Crippen LogP contribution is -2.11. The van der Waals surface area contributed by atoms with Gasteiger partial charge in [-0.2, -0.15) is 0 Å². The average Bonchev–Trinajstić information content (AvgIpc) is 2.99. The molecular weight excluding hydrogens is 170 g/mol. The predicted octanol–water partition coefficient (Wildman–Crippen LogP) is 0.637. The molecule has 0 saturated carbocycles. The van der Waals surface area contributed by atoms with Gasteiger partial charge in [-0.15, -0.1) is 0 Å². The van der Waals surface area contributed by atoms with Gasteiger partial charge in [-0.3, -0.25) is 0 Å². The smallest absolute Gasteiger partial charge is 0.357 e. The molecule has 2 rings (SSSR count). The van der Waals surface area contributed by atoms with Crippen molar-refractivity contribution in [1.82, 2.24) is 4.98 Å². The van der Waals surface area contributed by atoms with Crippen LogP contribution in [-0.2, 0) is 9.47 Å². The second kappa shape index (κ2) is 3.53. The van der Waals surface area contributed by atoms with E-state index in [1.807, 2.05) is 0 Å². The summed E-state index contributed by atoms with van der Waals surface area (Å²) in [5, 5.41) is 0. The van der Waals surface area contributed by atoms with Crippen LogP contribution in [0.4, 0.5) is 0 Å². The molecule has 0 amide bonds. The first kappa shape index (κ1) is 8.19. The van der Waals surface area contributed by atoms with Crippen LogP contribution in [0.3, 0.4) is 0 Å². The normalized spacial score (nSPS) is 19.5. The van der Waals surface area contributed by atoms with Gasteiger partial charge in [0.1, 0.15) is 18.4 Å². The maximum absolute atomic E-state index is 11.2. The second-order valence-electron chi connectivity index (χ2n) is 2.77. The van der Waals surface area contributed by atoms with Crippen molar-refractivity contribution in [3.63, 3.8) is 0 Å². The van der Waals surface area contributed by atoms with Crippen LogP contribution in [0.25, 0.3) is 0 Å². The number of hydrogen-bond donors (Lipinski definition) is 0. The molecule has 1 aromatic heterocycles. The quantitative estimate of drug-likeness (QED) is 0.504. The lowest BCUT2D eigenvalue weighted by atomic mass is 10.3. The lowest BCUT2D eigenvalue weighted by Gasteiger charge is -2.00. The minimum Gasteiger partial charge on any atom is -0.458 e. The number of aromatic nitrogens is 1. The fourth-order valence-electron chi connectivity index (χ4n) is 0.890. The van der Waals surface area contributed by atoms with Gasteiger partial charge in [0.05, 0.1) is 6.61 Å². The molecule has 0 spiro atoms. The highest BCUT2D eigenvalue weighted by Gasteiger charge is 2.24. The number of epoxide rings is 1. The largest absolute Gasteiger partial charge is 0.458 e. The Morgan fingerprint density at radius 1 is 1.69 bits per heavy atom. The number of ether oxygens (including phenoxy) is 2. The highest BCUT2D eigenvalue weighted by atomic mass is 16.6. The zero-order valence-corrected chi connectivity index (χ0v) is 6.97. The van der Waals surface area contributed by atoms with Gasteiger partial charge in [0.25, 0.3) is 0 Å². The minimum absolute atomic E-state index is 0.104. The number of carbonyl (C=O) groups excluding carboxylic acids is 1. The molecule has 0 aromatic carbocycles. The van der Waals surface area contributed by atoms with E-state index in [2.05, 4.69) is 4.98 Å². The van der Waals surface area contributed by atoms with Crippen LogP contribution >= 0.6 is 0 Å². The monoisotopic (exact) mass is 179 g/mol. The number of carbonyl (C=O) groups is 1. The molecule has 0 radical (unpaired) electrons. The molecule has 0 N–H and O–H groups in total. The molecule has 68 valence electrons. The summed E-state index contributed by atoms with van der Waals surface area (Å²) in [4.78, 5) is 15.1. The van der Waals surface area contributed by atoms with E-state index >= 15 is 0 Å². The molecule has 1 unspecified atom stereocenters. The van der Waals surface area contributed by atoms with Gasteiger partial charge in [0, 0.05) is 6.20 Å². The molecule has 0 bridgehead atoms. The Labute approximate surface area is 75.5 Å². The Morgan fingerprint density at radius 3 is 3.15 bits per heavy atom. The predicted molar refractivity (Wildman–Crippen MR) is 44.3 cm³/mol. The van der Waals surface area contributed by atoms with Crippen LogP contribution in [0.5, 0.6) is 0 Å². The van der Waals surface area contributed by atoms with E-state index in [1.54, 1.807) is 24.4 Å². The van der Waals surface area contributed by atoms with Crippen molar-refractivity contribution >= 4 is 5.97 Å². The van der Waals surface area contributed by atoms with Gasteiger partial charge in [-0.1, -0.05) is 6.07 Å². The van der Waals surface area contributed by atoms with Gasteiger partial charge in [-0.25, -0.2) is 9.78 Å². The minimum atomic E-state index is -0.392. The zero-order valence-electron chi connectivity index (χ0n) is 6.97. The van der Waals surface area contributed by atoms with Gasteiger partial charge in [-0.05, 0) is 12.1 Å². The summed E-state index contributed by atoms with van der Waals surface area (Å²) in [6.45, 7) is 1.02. The van der Waals surface area contributed by atoms with Crippen LogP contribution in [0.2, 0.25) is 0 Å². The van der Waals surface area contributed by atoms with Gasteiger partial charge < -0.3 is 9.47 Å². The summed E-state index contributed by atoms with van der Waals surface area (Å²) in [5.41, 5.74) is 0.336. The van der Waals surface area contributed by atoms with Crippen LogP contribution in [0.1, 0.15) is 10.5 Å². The molecule has 1 aliphatic rings. The fourth-order valence-corrected chi connectivity index (χ4v) is 0.890. The Bertz CT molecular complexity index is 295. The summed E-state index contributed by atoms with van der Waals surface area (Å²) < 4.78 is 9.82. The number of rotatable bonds is 3. The topological polar surface area (TPSA) is 51.7 Å². The first-order valence-corrected chi connectivity index (χ1v) is 4.06. The maximum atomic E-state index is 11.2. The van der Waals surface area contributed by atoms with Crippen molar-refractivity contribution < 1.29 is 14.3 Å². The van der Waals surface area contributed by atoms with Crippen molar-refractivity contribution in [2.75, 3.05) is 13.2 Å². The van der Waals surface area contributed by atoms with Crippen molar-refractivity contribution in [3.8, 4) is 0 Å². The van der Waals surface area contributed by atoms with Crippen LogP contribution in [0, 0.1) is 0 Å². The standard InChI is InChI=1S/C9H9NO3/c11-9(13-6-7-5-12-7)8-3-1-2-4-10-8/h1-4,7H,5-6H2. The number of pyridine rings is 1. The maximum Gasteiger partial charge on any atom is 0.357 e. The van der Waals surface area contributed by atoms with E-state index in [4.69, 9.17) is 9.47 Å². The average molecular weight is 179 g/mol. The van der Waals surface area contributed by atoms with Crippen molar-refractivity contribution in [1.29, 1.82) is 0 Å². The zero-order chi connectivity index (χ0) is 9.10. The first-order valence-electron chi connectivity index (χ1n) is 4.06. The molecule has 2 heterocycles.